The Balaban J connectivity index is 3.13. The molecule has 4 nitrogen and oxygen atoms in total. The largest absolute Gasteiger partial charge is 0.399 e. The number of sulfonamides is 1. The van der Waals surface area contributed by atoms with Crippen LogP contribution >= 0.6 is 11.6 Å². The molecule has 0 unspecified atom stereocenters. The van der Waals surface area contributed by atoms with Crippen molar-refractivity contribution in [3.63, 3.8) is 0 Å². The summed E-state index contributed by atoms with van der Waals surface area (Å²) < 4.78 is 48.6. The van der Waals surface area contributed by atoms with Crippen LogP contribution in [0, 0.1) is 0 Å². The number of anilines is 1. The monoisotopic (exact) mass is 284 g/mol. The molecule has 8 heteroatoms. The topological polar surface area (TPSA) is 63.4 Å². The standard InChI is InChI=1S/C9H11ClF2N2O2S/c1-14(5-9(11)12)17(15,16)8-3-2-6(13)4-7(8)10/h2-4,9H,5,13H2,1H3. The highest BCUT2D eigenvalue weighted by atomic mass is 35.5. The summed E-state index contributed by atoms with van der Waals surface area (Å²) in [6.45, 7) is -0.886. The van der Waals surface area contributed by atoms with Gasteiger partial charge in [-0.05, 0) is 18.2 Å². The molecule has 0 spiro atoms. The van der Waals surface area contributed by atoms with Crippen LogP contribution in [0.4, 0.5) is 14.5 Å². The maximum absolute atomic E-state index is 12.1. The third-order valence-electron chi connectivity index (χ3n) is 2.04. The molecule has 0 aliphatic carbocycles. The second-order valence-electron chi connectivity index (χ2n) is 3.37. The van der Waals surface area contributed by atoms with E-state index in [0.29, 0.717) is 9.99 Å². The Morgan fingerprint density at radius 1 is 1.47 bits per heavy atom. The minimum Gasteiger partial charge on any atom is -0.399 e. The first-order valence-corrected chi connectivity index (χ1v) is 6.36. The lowest BCUT2D eigenvalue weighted by molar-refractivity contribution is 0.126. The van der Waals surface area contributed by atoms with Crippen LogP contribution in [0.5, 0.6) is 0 Å². The van der Waals surface area contributed by atoms with Crippen LogP contribution in [-0.4, -0.2) is 32.7 Å². The zero-order valence-electron chi connectivity index (χ0n) is 8.90. The van der Waals surface area contributed by atoms with Crippen molar-refractivity contribution in [1.29, 1.82) is 0 Å². The zero-order valence-corrected chi connectivity index (χ0v) is 10.5. The minimum atomic E-state index is -4.02. The Labute approximate surface area is 103 Å². The first-order chi connectivity index (χ1) is 7.75. The highest BCUT2D eigenvalue weighted by molar-refractivity contribution is 7.89. The van der Waals surface area contributed by atoms with E-state index in [0.717, 1.165) is 7.05 Å². The van der Waals surface area contributed by atoms with Crippen LogP contribution < -0.4 is 5.73 Å². The lowest BCUT2D eigenvalue weighted by Gasteiger charge is -2.17. The van der Waals surface area contributed by atoms with Crippen LogP contribution in [0.1, 0.15) is 0 Å². The van der Waals surface area contributed by atoms with Gasteiger partial charge in [-0.25, -0.2) is 17.2 Å². The van der Waals surface area contributed by atoms with Crippen molar-refractivity contribution in [2.75, 3.05) is 19.3 Å². The molecule has 0 saturated heterocycles. The molecule has 96 valence electrons. The summed E-state index contributed by atoms with van der Waals surface area (Å²) in [6.07, 6.45) is -2.75. The van der Waals surface area contributed by atoms with Crippen molar-refractivity contribution in [3.05, 3.63) is 23.2 Å². The van der Waals surface area contributed by atoms with Crippen molar-refractivity contribution in [2.24, 2.45) is 0 Å². The number of nitrogens with two attached hydrogens (primary N) is 1. The van der Waals surface area contributed by atoms with Gasteiger partial charge in [0.1, 0.15) is 4.90 Å². The number of nitrogens with zero attached hydrogens (tertiary/aromatic N) is 1. The Bertz CT molecular complexity index is 508. The van der Waals surface area contributed by atoms with E-state index in [1.54, 1.807) is 0 Å². The molecule has 0 amide bonds. The van der Waals surface area contributed by atoms with Crippen LogP contribution in [0.15, 0.2) is 23.1 Å². The highest BCUT2D eigenvalue weighted by Crippen LogP contribution is 2.26. The molecule has 1 rings (SSSR count). The SMILES string of the molecule is CN(CC(F)F)S(=O)(=O)c1ccc(N)cc1Cl. The fourth-order valence-corrected chi connectivity index (χ4v) is 2.86. The third kappa shape index (κ3) is 3.27. The first kappa shape index (κ1) is 14.1. The highest BCUT2D eigenvalue weighted by Gasteiger charge is 2.25. The predicted molar refractivity (Wildman–Crippen MR) is 61.7 cm³/mol. The van der Waals surface area contributed by atoms with Gasteiger partial charge in [-0.15, -0.1) is 0 Å². The van der Waals surface area contributed by atoms with Crippen molar-refractivity contribution in [2.45, 2.75) is 11.3 Å². The molecule has 0 atom stereocenters. The van der Waals surface area contributed by atoms with Gasteiger partial charge in [0.15, 0.2) is 0 Å². The van der Waals surface area contributed by atoms with Crippen LogP contribution in [-0.2, 0) is 10.0 Å². The van der Waals surface area contributed by atoms with E-state index < -0.39 is 23.0 Å². The summed E-state index contributed by atoms with van der Waals surface area (Å²) in [5.41, 5.74) is 5.71. The van der Waals surface area contributed by atoms with E-state index in [-0.39, 0.29) is 9.92 Å². The molecule has 0 fully saturated rings. The van der Waals surface area contributed by atoms with E-state index in [4.69, 9.17) is 17.3 Å². The molecule has 17 heavy (non-hydrogen) atoms. The summed E-state index contributed by atoms with van der Waals surface area (Å²) in [5.74, 6) is 0. The summed E-state index contributed by atoms with van der Waals surface area (Å²) in [7, 11) is -2.95. The minimum absolute atomic E-state index is 0.0916. The van der Waals surface area contributed by atoms with Crippen molar-refractivity contribution >= 4 is 27.3 Å². The van der Waals surface area contributed by atoms with Gasteiger partial charge in [0, 0.05) is 12.7 Å². The summed E-state index contributed by atoms with van der Waals surface area (Å²) in [4.78, 5) is -0.239. The fraction of sp³-hybridized carbons (Fsp3) is 0.333. The quantitative estimate of drug-likeness (QED) is 0.858. The third-order valence-corrected chi connectivity index (χ3v) is 4.35. The molecule has 0 radical (unpaired) electrons. The molecule has 1 aromatic rings. The number of halogens is 3. The molecule has 0 saturated carbocycles. The van der Waals surface area contributed by atoms with Gasteiger partial charge in [-0.2, -0.15) is 4.31 Å². The average molecular weight is 285 g/mol. The van der Waals surface area contributed by atoms with Crippen LogP contribution in [0.2, 0.25) is 5.02 Å². The molecular weight excluding hydrogens is 274 g/mol. The van der Waals surface area contributed by atoms with E-state index in [1.807, 2.05) is 0 Å². The van der Waals surface area contributed by atoms with E-state index in [1.165, 1.54) is 18.2 Å². The number of hydrogen-bond donors (Lipinski definition) is 1. The second-order valence-corrected chi connectivity index (χ2v) is 5.79. The molecule has 0 aromatic heterocycles. The van der Waals surface area contributed by atoms with Gasteiger partial charge >= 0.3 is 0 Å². The van der Waals surface area contributed by atoms with Crippen LogP contribution in [0.25, 0.3) is 0 Å². The van der Waals surface area contributed by atoms with Crippen molar-refractivity contribution in [3.8, 4) is 0 Å². The normalized spacial score (nSPS) is 12.4. The van der Waals surface area contributed by atoms with Gasteiger partial charge in [-0.3, -0.25) is 0 Å². The number of nitrogen functional groups attached to an aromatic ring is 1. The second kappa shape index (κ2) is 5.16. The van der Waals surface area contributed by atoms with E-state index in [2.05, 4.69) is 0 Å². The lowest BCUT2D eigenvalue weighted by atomic mass is 10.3. The molecule has 0 aliphatic heterocycles. The van der Waals surface area contributed by atoms with Crippen molar-refractivity contribution < 1.29 is 17.2 Å². The number of alkyl halides is 2. The van der Waals surface area contributed by atoms with E-state index in [9.17, 15) is 17.2 Å². The number of rotatable bonds is 4. The summed E-state index contributed by atoms with van der Waals surface area (Å²) in [5, 5.41) is -0.0916. The van der Waals surface area contributed by atoms with Crippen LogP contribution in [0.3, 0.4) is 0 Å². The molecule has 0 heterocycles. The van der Waals surface area contributed by atoms with Gasteiger partial charge in [-0.1, -0.05) is 11.6 Å². The number of hydrogen-bond acceptors (Lipinski definition) is 3. The lowest BCUT2D eigenvalue weighted by Crippen LogP contribution is -2.31. The van der Waals surface area contributed by atoms with Gasteiger partial charge < -0.3 is 5.73 Å². The predicted octanol–water partition coefficient (Wildman–Crippen LogP) is 1.81. The summed E-state index contributed by atoms with van der Waals surface area (Å²) in [6, 6.07) is 3.79. The molecule has 0 aliphatic rings. The Morgan fingerprint density at radius 2 is 2.06 bits per heavy atom. The Hall–Kier alpha value is -0.920. The average Bonchev–Trinajstić information content (AvgIpc) is 2.15. The Kier molecular flexibility index (Phi) is 4.29. The smallest absolute Gasteiger partial charge is 0.252 e. The number of benzene rings is 1. The fourth-order valence-electron chi connectivity index (χ4n) is 1.19. The van der Waals surface area contributed by atoms with E-state index >= 15 is 0 Å². The Morgan fingerprint density at radius 3 is 2.53 bits per heavy atom. The first-order valence-electron chi connectivity index (χ1n) is 4.54. The van der Waals surface area contributed by atoms with Gasteiger partial charge in [0.2, 0.25) is 10.0 Å². The zero-order chi connectivity index (χ0) is 13.2. The maximum Gasteiger partial charge on any atom is 0.252 e. The van der Waals surface area contributed by atoms with Gasteiger partial charge in [0.05, 0.1) is 11.6 Å². The molecule has 1 aromatic carbocycles. The van der Waals surface area contributed by atoms with Crippen molar-refractivity contribution in [1.82, 2.24) is 4.31 Å². The van der Waals surface area contributed by atoms with Gasteiger partial charge in [0.25, 0.3) is 6.43 Å². The molecule has 2 N–H and O–H groups in total. The summed E-state index contributed by atoms with van der Waals surface area (Å²) >= 11 is 5.72. The molecule has 0 bridgehead atoms. The maximum atomic E-state index is 12.1. The molecular formula is C9H11ClF2N2O2S.